The Labute approximate surface area is 154 Å². The first-order chi connectivity index (χ1) is 12.7. The van der Waals surface area contributed by atoms with Crippen molar-refractivity contribution in [2.24, 2.45) is 5.41 Å². The van der Waals surface area contributed by atoms with Gasteiger partial charge in [-0.05, 0) is 37.4 Å². The number of imidazole rings is 1. The molecule has 4 rings (SSSR count). The smallest absolute Gasteiger partial charge is 0.222 e. The molecule has 1 spiro atoms. The van der Waals surface area contributed by atoms with Crippen LogP contribution in [-0.4, -0.2) is 56.8 Å². The van der Waals surface area contributed by atoms with Crippen molar-refractivity contribution in [3.05, 3.63) is 48.3 Å². The number of pyridine rings is 1. The Morgan fingerprint density at radius 3 is 2.96 bits per heavy atom. The Morgan fingerprint density at radius 1 is 1.19 bits per heavy atom. The minimum Gasteiger partial charge on any atom is -0.348 e. The third-order valence-electron chi connectivity index (χ3n) is 5.82. The number of nitrogens with zero attached hydrogens (tertiary/aromatic N) is 4. The van der Waals surface area contributed by atoms with Gasteiger partial charge in [-0.1, -0.05) is 6.07 Å². The fraction of sp³-hybridized carbons (Fsp3) is 0.550. The van der Waals surface area contributed by atoms with E-state index in [0.29, 0.717) is 12.3 Å². The van der Waals surface area contributed by atoms with E-state index in [0.717, 1.165) is 51.3 Å². The summed E-state index contributed by atoms with van der Waals surface area (Å²) in [5.74, 6) is 0.305. The first-order valence-electron chi connectivity index (χ1n) is 9.59. The summed E-state index contributed by atoms with van der Waals surface area (Å²) in [6.07, 6.45) is 12.3. The zero-order valence-corrected chi connectivity index (χ0v) is 15.2. The Balaban J connectivity index is 1.39. The number of aromatic amines is 1. The standard InChI is InChI=1S/C20H27N5O/c26-19-4-7-20(15-25(19)10-5-18-12-22-16-23-18)6-2-9-24(14-20)13-17-3-1-8-21-11-17/h1,3,8,11-12,16H,2,4-7,9-10,13-15H2,(H,22,23). The first kappa shape index (κ1) is 17.2. The monoisotopic (exact) mass is 353 g/mol. The molecule has 2 fully saturated rings. The number of rotatable bonds is 5. The molecule has 6 nitrogen and oxygen atoms in total. The van der Waals surface area contributed by atoms with Crippen LogP contribution in [0.15, 0.2) is 37.1 Å². The van der Waals surface area contributed by atoms with E-state index in [9.17, 15) is 4.79 Å². The second kappa shape index (κ2) is 7.58. The quantitative estimate of drug-likeness (QED) is 0.895. The molecular formula is C20H27N5O. The lowest BCUT2D eigenvalue weighted by molar-refractivity contribution is -0.139. The predicted molar refractivity (Wildman–Crippen MR) is 99.3 cm³/mol. The highest BCUT2D eigenvalue weighted by molar-refractivity contribution is 5.77. The summed E-state index contributed by atoms with van der Waals surface area (Å²) in [6, 6.07) is 4.15. The lowest BCUT2D eigenvalue weighted by Gasteiger charge is -2.48. The van der Waals surface area contributed by atoms with E-state index in [1.165, 1.54) is 18.4 Å². The van der Waals surface area contributed by atoms with Crippen LogP contribution in [0.2, 0.25) is 0 Å². The number of carbonyl (C=O) groups excluding carboxylic acids is 1. The summed E-state index contributed by atoms with van der Waals surface area (Å²) < 4.78 is 0. The van der Waals surface area contributed by atoms with Crippen LogP contribution < -0.4 is 0 Å². The number of carbonyl (C=O) groups is 1. The third kappa shape index (κ3) is 3.96. The van der Waals surface area contributed by atoms with Gasteiger partial charge in [0.25, 0.3) is 0 Å². The number of amides is 1. The van der Waals surface area contributed by atoms with Gasteiger partial charge in [0.1, 0.15) is 0 Å². The average molecular weight is 353 g/mol. The highest BCUT2D eigenvalue weighted by Crippen LogP contribution is 2.39. The van der Waals surface area contributed by atoms with E-state index in [2.05, 4.69) is 30.8 Å². The maximum atomic E-state index is 12.4. The SMILES string of the molecule is O=C1CCC2(CCCN(Cc3cccnc3)C2)CN1CCc1cnc[nH]1. The molecule has 6 heteroatoms. The molecule has 2 aromatic rings. The number of hydrogen-bond donors (Lipinski definition) is 1. The summed E-state index contributed by atoms with van der Waals surface area (Å²) in [6.45, 7) is 4.85. The van der Waals surface area contributed by atoms with Crippen LogP contribution in [0.1, 0.15) is 36.9 Å². The second-order valence-corrected chi connectivity index (χ2v) is 7.82. The van der Waals surface area contributed by atoms with Crippen LogP contribution in [0.5, 0.6) is 0 Å². The van der Waals surface area contributed by atoms with Crippen molar-refractivity contribution in [2.45, 2.75) is 38.6 Å². The zero-order chi connectivity index (χ0) is 17.8. The molecule has 26 heavy (non-hydrogen) atoms. The van der Waals surface area contributed by atoms with Crippen molar-refractivity contribution in [2.75, 3.05) is 26.2 Å². The fourth-order valence-corrected chi connectivity index (χ4v) is 4.51. The molecule has 0 saturated carbocycles. The lowest BCUT2D eigenvalue weighted by atomic mass is 9.73. The van der Waals surface area contributed by atoms with Crippen LogP contribution in [0.25, 0.3) is 0 Å². The molecule has 1 unspecified atom stereocenters. The molecule has 0 aliphatic carbocycles. The molecule has 2 aliphatic heterocycles. The predicted octanol–water partition coefficient (Wildman–Crippen LogP) is 2.25. The molecular weight excluding hydrogens is 326 g/mol. The average Bonchev–Trinajstić information content (AvgIpc) is 3.17. The highest BCUT2D eigenvalue weighted by atomic mass is 16.2. The summed E-state index contributed by atoms with van der Waals surface area (Å²) in [4.78, 5) is 28.5. The molecule has 138 valence electrons. The van der Waals surface area contributed by atoms with Gasteiger partial charge >= 0.3 is 0 Å². The van der Waals surface area contributed by atoms with Crippen molar-refractivity contribution in [3.8, 4) is 0 Å². The Morgan fingerprint density at radius 2 is 2.15 bits per heavy atom. The van der Waals surface area contributed by atoms with Gasteiger partial charge in [-0.3, -0.25) is 14.7 Å². The number of aromatic nitrogens is 3. The Kier molecular flexibility index (Phi) is 5.02. The van der Waals surface area contributed by atoms with Crippen molar-refractivity contribution in [1.29, 1.82) is 0 Å². The summed E-state index contributed by atoms with van der Waals surface area (Å²) in [5, 5.41) is 0. The van der Waals surface area contributed by atoms with Crippen LogP contribution in [0.3, 0.4) is 0 Å². The summed E-state index contributed by atoms with van der Waals surface area (Å²) in [7, 11) is 0. The molecule has 0 radical (unpaired) electrons. The number of piperidine rings is 2. The molecule has 2 aromatic heterocycles. The van der Waals surface area contributed by atoms with Gasteiger partial charge < -0.3 is 9.88 Å². The number of H-pyrrole nitrogens is 1. The van der Waals surface area contributed by atoms with Crippen molar-refractivity contribution in [3.63, 3.8) is 0 Å². The van der Waals surface area contributed by atoms with Gasteiger partial charge in [0.05, 0.1) is 6.33 Å². The molecule has 0 aromatic carbocycles. The maximum absolute atomic E-state index is 12.4. The minimum atomic E-state index is 0.252. The minimum absolute atomic E-state index is 0.252. The van der Waals surface area contributed by atoms with Crippen LogP contribution >= 0.6 is 0 Å². The van der Waals surface area contributed by atoms with E-state index in [1.54, 1.807) is 6.33 Å². The van der Waals surface area contributed by atoms with E-state index >= 15 is 0 Å². The van der Waals surface area contributed by atoms with Gasteiger partial charge in [0.2, 0.25) is 5.91 Å². The van der Waals surface area contributed by atoms with Gasteiger partial charge in [-0.15, -0.1) is 0 Å². The molecule has 4 heterocycles. The van der Waals surface area contributed by atoms with E-state index in [1.807, 2.05) is 24.7 Å². The van der Waals surface area contributed by atoms with Crippen molar-refractivity contribution < 1.29 is 4.79 Å². The summed E-state index contributed by atoms with van der Waals surface area (Å²) >= 11 is 0. The lowest BCUT2D eigenvalue weighted by Crippen LogP contribution is -2.54. The maximum Gasteiger partial charge on any atom is 0.222 e. The topological polar surface area (TPSA) is 65.1 Å². The molecule has 1 atom stereocenters. The van der Waals surface area contributed by atoms with Crippen molar-refractivity contribution in [1.82, 2.24) is 24.8 Å². The highest BCUT2D eigenvalue weighted by Gasteiger charge is 2.41. The van der Waals surface area contributed by atoms with Gasteiger partial charge in [-0.2, -0.15) is 0 Å². The molecule has 1 amide bonds. The molecule has 1 N–H and O–H groups in total. The van der Waals surface area contributed by atoms with Crippen LogP contribution in [0, 0.1) is 5.41 Å². The zero-order valence-electron chi connectivity index (χ0n) is 15.2. The number of likely N-dealkylation sites (tertiary alicyclic amines) is 2. The molecule has 2 saturated heterocycles. The second-order valence-electron chi connectivity index (χ2n) is 7.82. The van der Waals surface area contributed by atoms with Gasteiger partial charge in [0.15, 0.2) is 0 Å². The van der Waals surface area contributed by atoms with Crippen molar-refractivity contribution >= 4 is 5.91 Å². The first-order valence-corrected chi connectivity index (χ1v) is 9.59. The van der Waals surface area contributed by atoms with E-state index in [-0.39, 0.29) is 5.41 Å². The Hall–Kier alpha value is -2.21. The molecule has 0 bridgehead atoms. The van der Waals surface area contributed by atoms with Crippen LogP contribution in [0.4, 0.5) is 0 Å². The summed E-state index contributed by atoms with van der Waals surface area (Å²) in [5.41, 5.74) is 2.62. The van der Waals surface area contributed by atoms with Crippen LogP contribution in [-0.2, 0) is 17.8 Å². The normalized spacial score (nSPS) is 24.3. The van der Waals surface area contributed by atoms with E-state index < -0.39 is 0 Å². The fourth-order valence-electron chi connectivity index (χ4n) is 4.51. The number of hydrogen-bond acceptors (Lipinski definition) is 4. The Bertz CT molecular complexity index is 717. The third-order valence-corrected chi connectivity index (χ3v) is 5.82. The number of nitrogens with one attached hydrogen (secondary N) is 1. The van der Waals surface area contributed by atoms with Gasteiger partial charge in [0, 0.05) is 68.7 Å². The van der Waals surface area contributed by atoms with E-state index in [4.69, 9.17) is 0 Å². The molecule has 2 aliphatic rings. The van der Waals surface area contributed by atoms with Gasteiger partial charge in [-0.25, -0.2) is 4.98 Å². The largest absolute Gasteiger partial charge is 0.348 e.